The zero-order chi connectivity index (χ0) is 24.4. The molecular weight excluding hydrogens is 483 g/mol. The van der Waals surface area contributed by atoms with Gasteiger partial charge in [0.25, 0.3) is 5.91 Å². The number of likely N-dealkylation sites (tertiary alicyclic amines) is 1. The molecule has 2 aromatic rings. The fourth-order valence-electron chi connectivity index (χ4n) is 5.69. The van der Waals surface area contributed by atoms with Crippen LogP contribution in [0.2, 0.25) is 10.0 Å². The van der Waals surface area contributed by atoms with Crippen molar-refractivity contribution < 1.29 is 14.3 Å². The van der Waals surface area contributed by atoms with E-state index < -0.39 is 0 Å². The van der Waals surface area contributed by atoms with Gasteiger partial charge in [-0.2, -0.15) is 0 Å². The number of benzene rings is 2. The smallest absolute Gasteiger partial charge is 0.250 e. The maximum absolute atomic E-state index is 12.9. The predicted molar refractivity (Wildman–Crippen MR) is 141 cm³/mol. The minimum atomic E-state index is -0.0577. The van der Waals surface area contributed by atoms with Crippen molar-refractivity contribution in [2.45, 2.75) is 44.1 Å². The van der Waals surface area contributed by atoms with Gasteiger partial charge in [0.1, 0.15) is 18.1 Å². The minimum Gasteiger partial charge on any atom is -0.497 e. The summed E-state index contributed by atoms with van der Waals surface area (Å²) in [4.78, 5) is 15.5. The van der Waals surface area contributed by atoms with Gasteiger partial charge in [0.05, 0.1) is 17.7 Å². The zero-order valence-corrected chi connectivity index (χ0v) is 21.6. The van der Waals surface area contributed by atoms with Gasteiger partial charge in [-0.1, -0.05) is 35.3 Å². The van der Waals surface area contributed by atoms with Gasteiger partial charge in [-0.15, -0.1) is 0 Å². The standard InChI is InChI=1S/C28H32Cl2N2O3/c1-34-25-6-3-19(4-7-25)20-8-10-32(11-9-20)16-18-2-5-24(12-18)31-28(33)22-13-21-14-23(29)15-26(30)27(21)35-17-22/h3-4,6-7,13-15,18,20,24H,2,5,8-12,16-17H2,1H3,(H,31,33)/t18-,24+/m0/s1. The average molecular weight is 515 g/mol. The van der Waals surface area contributed by atoms with Gasteiger partial charge in [0.2, 0.25) is 0 Å². The van der Waals surface area contributed by atoms with Crippen molar-refractivity contribution in [1.82, 2.24) is 10.2 Å². The third-order valence-corrected chi connectivity index (χ3v) is 8.10. The zero-order valence-electron chi connectivity index (χ0n) is 20.1. The minimum absolute atomic E-state index is 0.0577. The van der Waals surface area contributed by atoms with Crippen LogP contribution in [-0.4, -0.2) is 50.2 Å². The Morgan fingerprint density at radius 2 is 1.89 bits per heavy atom. The fraction of sp³-hybridized carbons (Fsp3) is 0.464. The SMILES string of the molecule is COc1ccc(C2CCN(C[C@H]3CC[C@@H](NC(=O)C4=Cc5cc(Cl)cc(Cl)c5OC4)C3)CC2)cc1. The maximum atomic E-state index is 12.9. The number of halogens is 2. The third kappa shape index (κ3) is 5.79. The second-order valence-electron chi connectivity index (χ2n) is 9.96. The number of ether oxygens (including phenoxy) is 2. The molecular formula is C28H32Cl2N2O3. The van der Waals surface area contributed by atoms with Crippen LogP contribution >= 0.6 is 23.2 Å². The summed E-state index contributed by atoms with van der Waals surface area (Å²) < 4.78 is 11.0. The number of carbonyl (C=O) groups is 1. The summed E-state index contributed by atoms with van der Waals surface area (Å²) in [7, 11) is 1.71. The van der Waals surface area contributed by atoms with Crippen molar-refractivity contribution in [3.8, 4) is 11.5 Å². The lowest BCUT2D eigenvalue weighted by molar-refractivity contribution is -0.118. The molecule has 1 aliphatic carbocycles. The molecule has 1 saturated heterocycles. The number of nitrogens with one attached hydrogen (secondary N) is 1. The monoisotopic (exact) mass is 514 g/mol. The molecule has 2 atom stereocenters. The largest absolute Gasteiger partial charge is 0.497 e. The van der Waals surface area contributed by atoms with Crippen LogP contribution < -0.4 is 14.8 Å². The van der Waals surface area contributed by atoms with Crippen molar-refractivity contribution in [3.05, 3.63) is 63.1 Å². The molecule has 5 nitrogen and oxygen atoms in total. The summed E-state index contributed by atoms with van der Waals surface area (Å²) in [6.07, 6.45) is 7.46. The van der Waals surface area contributed by atoms with E-state index in [4.69, 9.17) is 32.7 Å². The van der Waals surface area contributed by atoms with Gasteiger partial charge in [0, 0.05) is 23.2 Å². The van der Waals surface area contributed by atoms with Crippen LogP contribution in [0.25, 0.3) is 6.08 Å². The number of nitrogens with zero attached hydrogens (tertiary/aromatic N) is 1. The molecule has 1 N–H and O–H groups in total. The van der Waals surface area contributed by atoms with Crippen molar-refractivity contribution >= 4 is 35.2 Å². The Balaban J connectivity index is 1.09. The Morgan fingerprint density at radius 1 is 1.11 bits per heavy atom. The second-order valence-corrected chi connectivity index (χ2v) is 10.8. The average Bonchev–Trinajstić information content (AvgIpc) is 3.30. The molecule has 2 aliphatic heterocycles. The molecule has 7 heteroatoms. The van der Waals surface area contributed by atoms with Crippen molar-refractivity contribution in [2.24, 2.45) is 5.92 Å². The van der Waals surface area contributed by atoms with Gasteiger partial charge >= 0.3 is 0 Å². The topological polar surface area (TPSA) is 50.8 Å². The highest BCUT2D eigenvalue weighted by Gasteiger charge is 2.30. The van der Waals surface area contributed by atoms with Crippen LogP contribution in [0.15, 0.2) is 42.0 Å². The molecule has 186 valence electrons. The summed E-state index contributed by atoms with van der Waals surface area (Å²) in [6, 6.07) is 12.2. The lowest BCUT2D eigenvalue weighted by Crippen LogP contribution is -2.38. The van der Waals surface area contributed by atoms with Crippen LogP contribution in [0.4, 0.5) is 0 Å². The van der Waals surface area contributed by atoms with Crippen molar-refractivity contribution in [3.63, 3.8) is 0 Å². The first kappa shape index (κ1) is 24.5. The van der Waals surface area contributed by atoms with Crippen LogP contribution in [0.5, 0.6) is 11.5 Å². The van der Waals surface area contributed by atoms with E-state index in [0.29, 0.717) is 33.2 Å². The van der Waals surface area contributed by atoms with Gasteiger partial charge in [0.15, 0.2) is 0 Å². The molecule has 0 radical (unpaired) electrons. The Morgan fingerprint density at radius 3 is 2.63 bits per heavy atom. The molecule has 2 aromatic carbocycles. The molecule has 0 bridgehead atoms. The van der Waals surface area contributed by atoms with Gasteiger partial charge in [-0.25, -0.2) is 0 Å². The molecule has 3 aliphatic rings. The van der Waals surface area contributed by atoms with E-state index in [1.165, 1.54) is 18.4 Å². The molecule has 1 saturated carbocycles. The Bertz CT molecular complexity index is 1090. The summed E-state index contributed by atoms with van der Waals surface area (Å²) in [6.45, 7) is 3.62. The summed E-state index contributed by atoms with van der Waals surface area (Å²) >= 11 is 12.3. The lowest BCUT2D eigenvalue weighted by atomic mass is 9.89. The number of piperidine rings is 1. The Kier molecular flexibility index (Phi) is 7.56. The van der Waals surface area contributed by atoms with E-state index in [-0.39, 0.29) is 18.6 Å². The van der Waals surface area contributed by atoms with E-state index in [9.17, 15) is 4.79 Å². The first-order valence-corrected chi connectivity index (χ1v) is 13.2. The highest BCUT2D eigenvalue weighted by molar-refractivity contribution is 6.36. The molecule has 5 rings (SSSR count). The summed E-state index contributed by atoms with van der Waals surface area (Å²) in [5, 5.41) is 4.23. The van der Waals surface area contributed by atoms with E-state index in [1.807, 2.05) is 6.08 Å². The first-order chi connectivity index (χ1) is 17.0. The normalized spacial score (nSPS) is 22.8. The van der Waals surface area contributed by atoms with Crippen molar-refractivity contribution in [2.75, 3.05) is 33.4 Å². The van der Waals surface area contributed by atoms with Crippen LogP contribution in [0.1, 0.15) is 49.1 Å². The number of methoxy groups -OCH3 is 1. The molecule has 0 spiro atoms. The maximum Gasteiger partial charge on any atom is 0.250 e. The first-order valence-electron chi connectivity index (χ1n) is 12.5. The van der Waals surface area contributed by atoms with Gasteiger partial charge < -0.3 is 19.7 Å². The van der Waals surface area contributed by atoms with E-state index in [2.05, 4.69) is 34.5 Å². The quantitative estimate of drug-likeness (QED) is 0.517. The van der Waals surface area contributed by atoms with Crippen LogP contribution in [0.3, 0.4) is 0 Å². The summed E-state index contributed by atoms with van der Waals surface area (Å²) in [5.41, 5.74) is 2.78. The number of hydrogen-bond acceptors (Lipinski definition) is 4. The van der Waals surface area contributed by atoms with Gasteiger partial charge in [-0.05, 0) is 92.9 Å². The van der Waals surface area contributed by atoms with E-state index in [1.54, 1.807) is 19.2 Å². The van der Waals surface area contributed by atoms with Crippen LogP contribution in [-0.2, 0) is 4.79 Å². The molecule has 1 amide bonds. The fourth-order valence-corrected chi connectivity index (χ4v) is 6.25. The number of amides is 1. The number of hydrogen-bond donors (Lipinski definition) is 1. The highest BCUT2D eigenvalue weighted by atomic mass is 35.5. The number of fused-ring (bicyclic) bond motifs is 1. The van der Waals surface area contributed by atoms with E-state index >= 15 is 0 Å². The van der Waals surface area contributed by atoms with Gasteiger partial charge in [-0.3, -0.25) is 4.79 Å². The second kappa shape index (κ2) is 10.8. The Labute approximate surface area is 217 Å². The summed E-state index contributed by atoms with van der Waals surface area (Å²) in [5.74, 6) is 2.71. The molecule has 0 unspecified atom stereocenters. The van der Waals surface area contributed by atoms with Crippen molar-refractivity contribution in [1.29, 1.82) is 0 Å². The molecule has 2 fully saturated rings. The van der Waals surface area contributed by atoms with Crippen LogP contribution in [0, 0.1) is 5.92 Å². The predicted octanol–water partition coefficient (Wildman–Crippen LogP) is 5.94. The lowest BCUT2D eigenvalue weighted by Gasteiger charge is -2.33. The molecule has 0 aromatic heterocycles. The number of rotatable bonds is 6. The number of carbonyl (C=O) groups excluding carboxylic acids is 1. The molecule has 35 heavy (non-hydrogen) atoms. The Hall–Kier alpha value is -2.21. The van der Waals surface area contributed by atoms with E-state index in [0.717, 1.165) is 50.2 Å². The third-order valence-electron chi connectivity index (χ3n) is 7.60. The molecule has 2 heterocycles. The highest BCUT2D eigenvalue weighted by Crippen LogP contribution is 2.37.